The molecule has 110 valence electrons. The molecule has 2 heterocycles. The van der Waals surface area contributed by atoms with Gasteiger partial charge in [0.25, 0.3) is 0 Å². The highest BCUT2D eigenvalue weighted by molar-refractivity contribution is 7.22. The second kappa shape index (κ2) is 5.31. The fourth-order valence-corrected chi connectivity index (χ4v) is 3.32. The number of carbonyl (C=O) groups excluding carboxylic acids is 1. The Balaban J connectivity index is 1.60. The fraction of sp³-hybridized carbons (Fsp3) is 0.125. The zero-order valence-electron chi connectivity index (χ0n) is 11.7. The highest BCUT2D eigenvalue weighted by atomic mass is 32.1. The van der Waals surface area contributed by atoms with Crippen molar-refractivity contribution in [3.8, 4) is 5.75 Å². The summed E-state index contributed by atoms with van der Waals surface area (Å²) in [6.07, 6.45) is 0. The number of nitrogens with zero attached hydrogens (tertiary/aromatic N) is 2. The van der Waals surface area contributed by atoms with Gasteiger partial charge in [0.15, 0.2) is 5.13 Å². The number of hydrogen-bond acceptors (Lipinski definition) is 4. The standard InChI is InChI=1S/C16H13N3O2S/c20-16(18-15-17-11-5-1-4-8-14(11)22-15)19-9-10-21-13-7-3-2-6-12(13)19/h1-8H,9-10H2,(H,17,18,20). The highest BCUT2D eigenvalue weighted by Crippen LogP contribution is 2.32. The Morgan fingerprint density at radius 2 is 2.00 bits per heavy atom. The molecule has 3 aromatic rings. The molecular formula is C16H13N3O2S. The number of nitrogens with one attached hydrogen (secondary N) is 1. The molecule has 0 fully saturated rings. The van der Waals surface area contributed by atoms with Gasteiger partial charge in [0.2, 0.25) is 0 Å². The van der Waals surface area contributed by atoms with E-state index in [2.05, 4.69) is 10.3 Å². The molecule has 0 spiro atoms. The minimum absolute atomic E-state index is 0.185. The van der Waals surface area contributed by atoms with Crippen LogP contribution in [0.3, 0.4) is 0 Å². The van der Waals surface area contributed by atoms with E-state index in [-0.39, 0.29) is 6.03 Å². The lowest BCUT2D eigenvalue weighted by Crippen LogP contribution is -2.40. The maximum atomic E-state index is 12.5. The monoisotopic (exact) mass is 311 g/mol. The van der Waals surface area contributed by atoms with Gasteiger partial charge in [0.05, 0.1) is 22.4 Å². The van der Waals surface area contributed by atoms with E-state index in [0.29, 0.717) is 18.3 Å². The summed E-state index contributed by atoms with van der Waals surface area (Å²) in [5, 5.41) is 3.49. The van der Waals surface area contributed by atoms with Gasteiger partial charge in [-0.2, -0.15) is 0 Å². The van der Waals surface area contributed by atoms with Crippen LogP contribution in [0.2, 0.25) is 0 Å². The number of anilines is 2. The molecule has 6 heteroatoms. The third kappa shape index (κ3) is 2.27. The van der Waals surface area contributed by atoms with Crippen LogP contribution in [0, 0.1) is 0 Å². The van der Waals surface area contributed by atoms with Crippen molar-refractivity contribution in [3.05, 3.63) is 48.5 Å². The van der Waals surface area contributed by atoms with Crippen LogP contribution in [0.25, 0.3) is 10.2 Å². The predicted octanol–water partition coefficient (Wildman–Crippen LogP) is 3.73. The number of fused-ring (bicyclic) bond motifs is 2. The van der Waals surface area contributed by atoms with Crippen LogP contribution in [0.15, 0.2) is 48.5 Å². The van der Waals surface area contributed by atoms with Gasteiger partial charge >= 0.3 is 6.03 Å². The third-order valence-electron chi connectivity index (χ3n) is 3.48. The SMILES string of the molecule is O=C(Nc1nc2ccccc2s1)N1CCOc2ccccc21. The number of benzene rings is 2. The Morgan fingerprint density at radius 3 is 2.91 bits per heavy atom. The molecule has 0 bridgehead atoms. The van der Waals surface area contributed by atoms with Crippen molar-refractivity contribution in [1.29, 1.82) is 0 Å². The Bertz CT molecular complexity index is 813. The van der Waals surface area contributed by atoms with Crippen molar-refractivity contribution in [2.45, 2.75) is 0 Å². The molecule has 0 saturated heterocycles. The Kier molecular flexibility index (Phi) is 3.16. The van der Waals surface area contributed by atoms with Gasteiger partial charge in [0.1, 0.15) is 12.4 Å². The number of para-hydroxylation sites is 3. The summed E-state index contributed by atoms with van der Waals surface area (Å²) in [7, 11) is 0. The second-order valence-electron chi connectivity index (χ2n) is 4.88. The Morgan fingerprint density at radius 1 is 1.18 bits per heavy atom. The molecule has 5 nitrogen and oxygen atoms in total. The maximum absolute atomic E-state index is 12.5. The molecule has 0 aliphatic carbocycles. The summed E-state index contributed by atoms with van der Waals surface area (Å²) in [6.45, 7) is 1.01. The van der Waals surface area contributed by atoms with Gasteiger partial charge < -0.3 is 4.74 Å². The van der Waals surface area contributed by atoms with E-state index < -0.39 is 0 Å². The topological polar surface area (TPSA) is 54.5 Å². The van der Waals surface area contributed by atoms with E-state index in [4.69, 9.17) is 4.74 Å². The van der Waals surface area contributed by atoms with Crippen LogP contribution in [0.4, 0.5) is 15.6 Å². The van der Waals surface area contributed by atoms with E-state index >= 15 is 0 Å². The minimum Gasteiger partial charge on any atom is -0.490 e. The van der Waals surface area contributed by atoms with Crippen molar-refractivity contribution in [2.75, 3.05) is 23.4 Å². The van der Waals surface area contributed by atoms with Crippen LogP contribution < -0.4 is 15.0 Å². The van der Waals surface area contributed by atoms with Crippen molar-refractivity contribution < 1.29 is 9.53 Å². The largest absolute Gasteiger partial charge is 0.490 e. The first kappa shape index (κ1) is 13.1. The first-order valence-corrected chi connectivity index (χ1v) is 7.79. The maximum Gasteiger partial charge on any atom is 0.328 e. The van der Waals surface area contributed by atoms with Gasteiger partial charge in [-0.05, 0) is 24.3 Å². The van der Waals surface area contributed by atoms with Crippen LogP contribution in [0.1, 0.15) is 0 Å². The van der Waals surface area contributed by atoms with Gasteiger partial charge in [-0.25, -0.2) is 9.78 Å². The summed E-state index contributed by atoms with van der Waals surface area (Å²) in [5.74, 6) is 0.730. The van der Waals surface area contributed by atoms with Crippen molar-refractivity contribution in [3.63, 3.8) is 0 Å². The van der Waals surface area contributed by atoms with E-state index in [1.807, 2.05) is 48.5 Å². The van der Waals surface area contributed by atoms with Crippen molar-refractivity contribution >= 4 is 38.4 Å². The zero-order chi connectivity index (χ0) is 14.9. The molecule has 1 N–H and O–H groups in total. The summed E-state index contributed by atoms with van der Waals surface area (Å²) in [5.41, 5.74) is 1.68. The number of rotatable bonds is 1. The summed E-state index contributed by atoms with van der Waals surface area (Å²) >= 11 is 1.47. The number of aromatic nitrogens is 1. The predicted molar refractivity (Wildman–Crippen MR) is 87.9 cm³/mol. The first-order chi connectivity index (χ1) is 10.8. The Labute approximate surface area is 131 Å². The number of carbonyl (C=O) groups is 1. The molecule has 1 aliphatic heterocycles. The normalized spacial score (nSPS) is 13.5. The zero-order valence-corrected chi connectivity index (χ0v) is 12.5. The minimum atomic E-state index is -0.185. The van der Waals surface area contributed by atoms with Crippen molar-refractivity contribution in [2.24, 2.45) is 0 Å². The highest BCUT2D eigenvalue weighted by Gasteiger charge is 2.23. The number of urea groups is 1. The average Bonchev–Trinajstić information content (AvgIpc) is 2.96. The molecule has 1 aliphatic rings. The van der Waals surface area contributed by atoms with Crippen LogP contribution in [0.5, 0.6) is 5.75 Å². The van der Waals surface area contributed by atoms with Gasteiger partial charge in [-0.15, -0.1) is 0 Å². The van der Waals surface area contributed by atoms with Crippen LogP contribution in [-0.2, 0) is 0 Å². The smallest absolute Gasteiger partial charge is 0.328 e. The van der Waals surface area contributed by atoms with Gasteiger partial charge in [-0.3, -0.25) is 10.2 Å². The molecule has 2 aromatic carbocycles. The molecule has 0 radical (unpaired) electrons. The molecule has 0 atom stereocenters. The molecule has 4 rings (SSSR count). The van der Waals surface area contributed by atoms with E-state index in [9.17, 15) is 4.79 Å². The molecular weight excluding hydrogens is 298 g/mol. The molecule has 0 saturated carbocycles. The Hall–Kier alpha value is -2.60. The van der Waals surface area contributed by atoms with Crippen LogP contribution >= 0.6 is 11.3 Å². The van der Waals surface area contributed by atoms with Gasteiger partial charge in [-0.1, -0.05) is 35.6 Å². The number of amides is 2. The number of ether oxygens (including phenoxy) is 1. The lowest BCUT2D eigenvalue weighted by Gasteiger charge is -2.29. The average molecular weight is 311 g/mol. The summed E-state index contributed by atoms with van der Waals surface area (Å²) < 4.78 is 6.62. The van der Waals surface area contributed by atoms with Gasteiger partial charge in [0, 0.05) is 0 Å². The molecule has 2 amide bonds. The summed E-state index contributed by atoms with van der Waals surface area (Å²) in [4.78, 5) is 18.7. The molecule has 0 unspecified atom stereocenters. The lowest BCUT2D eigenvalue weighted by molar-refractivity contribution is 0.250. The third-order valence-corrected chi connectivity index (χ3v) is 4.43. The van der Waals surface area contributed by atoms with Crippen molar-refractivity contribution in [1.82, 2.24) is 4.98 Å². The summed E-state index contributed by atoms with van der Waals surface area (Å²) in [6, 6.07) is 15.2. The number of thiazole rings is 1. The van der Waals surface area contributed by atoms with Crippen LogP contribution in [-0.4, -0.2) is 24.2 Å². The van der Waals surface area contributed by atoms with E-state index in [1.165, 1.54) is 11.3 Å². The van der Waals surface area contributed by atoms with E-state index in [1.54, 1.807) is 4.90 Å². The quantitative estimate of drug-likeness (QED) is 0.745. The number of hydrogen-bond donors (Lipinski definition) is 1. The fourth-order valence-electron chi connectivity index (χ4n) is 2.47. The first-order valence-electron chi connectivity index (χ1n) is 6.97. The lowest BCUT2D eigenvalue weighted by atomic mass is 10.2. The van der Waals surface area contributed by atoms with E-state index in [0.717, 1.165) is 21.7 Å². The molecule has 1 aromatic heterocycles. The molecule has 22 heavy (non-hydrogen) atoms. The second-order valence-corrected chi connectivity index (χ2v) is 5.92.